The number of alkyl carbamates (subject to hydrolysis) is 1. The zero-order chi connectivity index (χ0) is 17.5. The number of nitrogens with one attached hydrogen (secondary N) is 1. The number of hydrogen-bond acceptors (Lipinski definition) is 4. The van der Waals surface area contributed by atoms with Crippen LogP contribution in [0.15, 0.2) is 28.7 Å². The van der Waals surface area contributed by atoms with Crippen molar-refractivity contribution in [3.63, 3.8) is 0 Å². The molecule has 23 heavy (non-hydrogen) atoms. The van der Waals surface area contributed by atoms with E-state index >= 15 is 0 Å². The van der Waals surface area contributed by atoms with Gasteiger partial charge >= 0.3 is 6.09 Å². The van der Waals surface area contributed by atoms with E-state index in [0.29, 0.717) is 19.6 Å². The fraction of sp³-hybridized carbons (Fsp3) is 0.588. The Morgan fingerprint density at radius 2 is 1.83 bits per heavy atom. The lowest BCUT2D eigenvalue weighted by molar-refractivity contribution is 0.0459. The van der Waals surface area contributed by atoms with E-state index in [1.165, 1.54) is 0 Å². The van der Waals surface area contributed by atoms with Crippen molar-refractivity contribution in [1.29, 1.82) is 0 Å². The molecule has 0 saturated carbocycles. The number of halogens is 1. The Labute approximate surface area is 146 Å². The summed E-state index contributed by atoms with van der Waals surface area (Å²) in [7, 11) is 0. The molecule has 0 aliphatic heterocycles. The largest absolute Gasteiger partial charge is 0.494 e. The summed E-state index contributed by atoms with van der Waals surface area (Å²) < 4.78 is 11.9. The van der Waals surface area contributed by atoms with Crippen LogP contribution in [0.4, 0.5) is 4.79 Å². The Kier molecular flexibility index (Phi) is 7.35. The molecule has 1 unspecified atom stereocenters. The van der Waals surface area contributed by atoms with Gasteiger partial charge in [0.2, 0.25) is 0 Å². The van der Waals surface area contributed by atoms with Crippen molar-refractivity contribution in [2.45, 2.75) is 39.7 Å². The van der Waals surface area contributed by atoms with Gasteiger partial charge in [0.15, 0.2) is 0 Å². The minimum atomic E-state index is -0.537. The number of aliphatic hydroxyl groups is 1. The maximum absolute atomic E-state index is 11.7. The predicted molar refractivity (Wildman–Crippen MR) is 93.7 cm³/mol. The second-order valence-electron chi connectivity index (χ2n) is 6.88. The normalized spacial score (nSPS) is 14.0. The van der Waals surface area contributed by atoms with Crippen LogP contribution in [0, 0.1) is 5.41 Å². The summed E-state index contributed by atoms with van der Waals surface area (Å²) >= 11 is 3.37. The molecule has 1 aromatic rings. The first kappa shape index (κ1) is 19.8. The number of rotatable bonds is 7. The lowest BCUT2D eigenvalue weighted by Gasteiger charge is -2.28. The molecule has 0 radical (unpaired) electrons. The van der Waals surface area contributed by atoms with Crippen molar-refractivity contribution in [2.24, 2.45) is 5.41 Å². The molecule has 6 heteroatoms. The summed E-state index contributed by atoms with van der Waals surface area (Å²) in [5, 5.41) is 12.3. The first-order valence-electron chi connectivity index (χ1n) is 7.60. The standard InChI is InChI=1S/C17H26BrNO4/c1-16(2,3)23-15(21)19-11-17(4,12-20)9-10-22-14-7-5-13(18)6-8-14/h5-8,20H,9-12H2,1-4H3,(H,19,21). The molecule has 5 nitrogen and oxygen atoms in total. The zero-order valence-electron chi connectivity index (χ0n) is 14.2. The van der Waals surface area contributed by atoms with Gasteiger partial charge in [0.1, 0.15) is 11.4 Å². The average molecular weight is 388 g/mol. The molecule has 0 aromatic heterocycles. The highest BCUT2D eigenvalue weighted by molar-refractivity contribution is 9.10. The number of carbonyl (C=O) groups excluding carboxylic acids is 1. The van der Waals surface area contributed by atoms with Crippen LogP contribution in [0.2, 0.25) is 0 Å². The van der Waals surface area contributed by atoms with E-state index in [0.717, 1.165) is 10.2 Å². The van der Waals surface area contributed by atoms with E-state index in [1.807, 2.05) is 52.0 Å². The van der Waals surface area contributed by atoms with E-state index in [2.05, 4.69) is 21.2 Å². The highest BCUT2D eigenvalue weighted by Gasteiger charge is 2.25. The summed E-state index contributed by atoms with van der Waals surface area (Å²) in [5.41, 5.74) is -1.00. The van der Waals surface area contributed by atoms with Crippen LogP contribution in [0.5, 0.6) is 5.75 Å². The SMILES string of the molecule is CC(CO)(CCOc1ccc(Br)cc1)CNC(=O)OC(C)(C)C. The molecule has 0 aliphatic carbocycles. The van der Waals surface area contributed by atoms with Crippen molar-refractivity contribution in [1.82, 2.24) is 5.32 Å². The lowest BCUT2D eigenvalue weighted by atomic mass is 9.88. The molecule has 0 aliphatic rings. The minimum absolute atomic E-state index is 0.0491. The van der Waals surface area contributed by atoms with Crippen LogP contribution in [-0.4, -0.2) is 36.6 Å². The van der Waals surface area contributed by atoms with E-state index in [-0.39, 0.29) is 6.61 Å². The average Bonchev–Trinajstić information content (AvgIpc) is 2.46. The Bertz CT molecular complexity index is 498. The highest BCUT2D eigenvalue weighted by Crippen LogP contribution is 2.22. The third-order valence-electron chi connectivity index (χ3n) is 3.23. The summed E-state index contributed by atoms with van der Waals surface area (Å²) in [6.07, 6.45) is 0.126. The molecule has 1 atom stereocenters. The van der Waals surface area contributed by atoms with Gasteiger partial charge in [0, 0.05) is 16.4 Å². The molecule has 0 heterocycles. The molecule has 0 saturated heterocycles. The van der Waals surface area contributed by atoms with Crippen molar-refractivity contribution in [2.75, 3.05) is 19.8 Å². The lowest BCUT2D eigenvalue weighted by Crippen LogP contribution is -2.41. The zero-order valence-corrected chi connectivity index (χ0v) is 15.8. The number of hydrogen-bond donors (Lipinski definition) is 2. The molecule has 1 rings (SSSR count). The van der Waals surface area contributed by atoms with Gasteiger partial charge in [0.05, 0.1) is 13.2 Å². The molecule has 130 valence electrons. The number of aliphatic hydroxyl groups excluding tert-OH is 1. The maximum atomic E-state index is 11.7. The molecule has 1 amide bonds. The topological polar surface area (TPSA) is 67.8 Å². The third kappa shape index (κ3) is 8.23. The van der Waals surface area contributed by atoms with Gasteiger partial charge in [-0.25, -0.2) is 4.79 Å². The van der Waals surface area contributed by atoms with Crippen LogP contribution in [0.25, 0.3) is 0 Å². The fourth-order valence-corrected chi connectivity index (χ4v) is 2.03. The van der Waals surface area contributed by atoms with Gasteiger partial charge in [-0.3, -0.25) is 0 Å². The molecule has 0 fully saturated rings. The molecule has 0 spiro atoms. The smallest absolute Gasteiger partial charge is 0.407 e. The number of benzene rings is 1. The highest BCUT2D eigenvalue weighted by atomic mass is 79.9. The Morgan fingerprint density at radius 3 is 2.35 bits per heavy atom. The number of ether oxygens (including phenoxy) is 2. The van der Waals surface area contributed by atoms with E-state index in [4.69, 9.17) is 9.47 Å². The molecule has 2 N–H and O–H groups in total. The summed E-state index contributed by atoms with van der Waals surface area (Å²) in [5.74, 6) is 0.772. The molecule has 1 aromatic carbocycles. The summed E-state index contributed by atoms with van der Waals surface area (Å²) in [6, 6.07) is 7.56. The van der Waals surface area contributed by atoms with Gasteiger partial charge in [-0.1, -0.05) is 22.9 Å². The Morgan fingerprint density at radius 1 is 1.22 bits per heavy atom. The first-order chi connectivity index (χ1) is 10.6. The number of amides is 1. The Hall–Kier alpha value is -1.27. The van der Waals surface area contributed by atoms with Gasteiger partial charge in [-0.15, -0.1) is 0 Å². The van der Waals surface area contributed by atoms with Gasteiger partial charge in [-0.2, -0.15) is 0 Å². The maximum Gasteiger partial charge on any atom is 0.407 e. The monoisotopic (exact) mass is 387 g/mol. The van der Waals surface area contributed by atoms with Crippen molar-refractivity contribution < 1.29 is 19.4 Å². The van der Waals surface area contributed by atoms with Crippen LogP contribution < -0.4 is 10.1 Å². The van der Waals surface area contributed by atoms with Crippen molar-refractivity contribution in [3.05, 3.63) is 28.7 Å². The summed E-state index contributed by atoms with van der Waals surface area (Å²) in [6.45, 7) is 8.05. The van der Waals surface area contributed by atoms with Crippen molar-refractivity contribution in [3.8, 4) is 5.75 Å². The molecular weight excluding hydrogens is 362 g/mol. The minimum Gasteiger partial charge on any atom is -0.494 e. The molecular formula is C17H26BrNO4. The molecule has 0 bridgehead atoms. The van der Waals surface area contributed by atoms with Gasteiger partial charge < -0.3 is 19.9 Å². The summed E-state index contributed by atoms with van der Waals surface area (Å²) in [4.78, 5) is 11.7. The second-order valence-corrected chi connectivity index (χ2v) is 7.79. The van der Waals surface area contributed by atoms with E-state index in [9.17, 15) is 9.90 Å². The Balaban J connectivity index is 2.41. The van der Waals surface area contributed by atoms with Gasteiger partial charge in [-0.05, 0) is 51.5 Å². The van der Waals surface area contributed by atoms with Crippen molar-refractivity contribution >= 4 is 22.0 Å². The second kappa shape index (κ2) is 8.55. The first-order valence-corrected chi connectivity index (χ1v) is 8.39. The quantitative estimate of drug-likeness (QED) is 0.747. The predicted octanol–water partition coefficient (Wildman–Crippen LogP) is 3.74. The van der Waals surface area contributed by atoms with Gasteiger partial charge in [0.25, 0.3) is 0 Å². The number of carbonyl (C=O) groups is 1. The van der Waals surface area contributed by atoms with Crippen LogP contribution in [-0.2, 0) is 4.74 Å². The van der Waals surface area contributed by atoms with Crippen LogP contribution in [0.1, 0.15) is 34.1 Å². The van der Waals surface area contributed by atoms with E-state index < -0.39 is 17.1 Å². The third-order valence-corrected chi connectivity index (χ3v) is 3.76. The van der Waals surface area contributed by atoms with E-state index in [1.54, 1.807) is 0 Å². The van der Waals surface area contributed by atoms with Crippen LogP contribution in [0.3, 0.4) is 0 Å². The fourth-order valence-electron chi connectivity index (χ4n) is 1.77. The van der Waals surface area contributed by atoms with Crippen LogP contribution >= 0.6 is 15.9 Å².